The topological polar surface area (TPSA) is 68.5 Å². The third-order valence-electron chi connectivity index (χ3n) is 4.71. The Labute approximate surface area is 157 Å². The first-order chi connectivity index (χ1) is 12.9. The van der Waals surface area contributed by atoms with Crippen molar-refractivity contribution in [3.63, 3.8) is 0 Å². The summed E-state index contributed by atoms with van der Waals surface area (Å²) in [6.45, 7) is 3.25. The number of nitrogens with one attached hydrogen (secondary N) is 1. The Balaban J connectivity index is 1.70. The molecule has 0 saturated heterocycles. The van der Waals surface area contributed by atoms with Crippen LogP contribution in [0.1, 0.15) is 43.5 Å². The van der Waals surface area contributed by atoms with E-state index in [-0.39, 0.29) is 6.54 Å². The Morgan fingerprint density at radius 1 is 1.30 bits per heavy atom. The normalized spacial score (nSPS) is 14.6. The Morgan fingerprint density at radius 2 is 2.15 bits per heavy atom. The molecule has 3 aromatic rings. The molecule has 0 spiro atoms. The SMILES string of the molecule is Cn1nnc2ccc(C3=CCCCc4nc(NCC(C)(C)F)ncc43)cc21. The summed E-state index contributed by atoms with van der Waals surface area (Å²) >= 11 is 0. The number of anilines is 1. The molecule has 0 unspecified atom stereocenters. The second kappa shape index (κ2) is 6.72. The zero-order chi connectivity index (χ0) is 19.0. The molecule has 0 saturated carbocycles. The van der Waals surface area contributed by atoms with Gasteiger partial charge in [-0.05, 0) is 56.4 Å². The molecule has 7 heteroatoms. The minimum Gasteiger partial charge on any atom is -0.351 e. The zero-order valence-corrected chi connectivity index (χ0v) is 15.8. The number of aryl methyl sites for hydroxylation is 2. The van der Waals surface area contributed by atoms with E-state index in [1.165, 1.54) is 13.8 Å². The average molecular weight is 366 g/mol. The van der Waals surface area contributed by atoms with Crippen molar-refractivity contribution in [3.8, 4) is 0 Å². The van der Waals surface area contributed by atoms with Crippen molar-refractivity contribution in [2.75, 3.05) is 11.9 Å². The van der Waals surface area contributed by atoms with E-state index < -0.39 is 5.67 Å². The van der Waals surface area contributed by atoms with Crippen LogP contribution in [0.25, 0.3) is 16.6 Å². The molecule has 2 aromatic heterocycles. The number of hydrogen-bond donors (Lipinski definition) is 1. The van der Waals surface area contributed by atoms with E-state index in [2.05, 4.69) is 43.8 Å². The highest BCUT2D eigenvalue weighted by Crippen LogP contribution is 2.31. The lowest BCUT2D eigenvalue weighted by Gasteiger charge is -2.16. The molecule has 2 heterocycles. The highest BCUT2D eigenvalue weighted by molar-refractivity contribution is 5.86. The molecule has 1 aromatic carbocycles. The van der Waals surface area contributed by atoms with Crippen molar-refractivity contribution < 1.29 is 4.39 Å². The molecule has 0 atom stereocenters. The van der Waals surface area contributed by atoms with Gasteiger partial charge in [0.15, 0.2) is 0 Å². The third-order valence-corrected chi connectivity index (χ3v) is 4.71. The van der Waals surface area contributed by atoms with Crippen LogP contribution in [0.4, 0.5) is 10.3 Å². The first-order valence-corrected chi connectivity index (χ1v) is 9.20. The molecule has 0 bridgehead atoms. The van der Waals surface area contributed by atoms with Gasteiger partial charge in [0.1, 0.15) is 11.2 Å². The average Bonchev–Trinajstić information content (AvgIpc) is 2.87. The Morgan fingerprint density at radius 3 is 2.96 bits per heavy atom. The molecule has 6 nitrogen and oxygen atoms in total. The molecule has 4 rings (SSSR count). The third kappa shape index (κ3) is 3.67. The van der Waals surface area contributed by atoms with Crippen molar-refractivity contribution in [1.29, 1.82) is 0 Å². The summed E-state index contributed by atoms with van der Waals surface area (Å²) in [7, 11) is 1.89. The van der Waals surface area contributed by atoms with E-state index in [1.807, 2.05) is 19.3 Å². The van der Waals surface area contributed by atoms with Gasteiger partial charge >= 0.3 is 0 Å². The lowest BCUT2D eigenvalue weighted by atomic mass is 9.97. The number of nitrogens with zero attached hydrogens (tertiary/aromatic N) is 5. The number of halogens is 1. The van der Waals surface area contributed by atoms with Crippen molar-refractivity contribution in [2.24, 2.45) is 7.05 Å². The lowest BCUT2D eigenvalue weighted by molar-refractivity contribution is 0.234. The molecule has 0 aliphatic heterocycles. The van der Waals surface area contributed by atoms with Crippen LogP contribution in [0, 0.1) is 0 Å². The smallest absolute Gasteiger partial charge is 0.222 e. The monoisotopic (exact) mass is 366 g/mol. The van der Waals surface area contributed by atoms with Gasteiger partial charge in [-0.3, -0.25) is 0 Å². The summed E-state index contributed by atoms with van der Waals surface area (Å²) < 4.78 is 15.5. The summed E-state index contributed by atoms with van der Waals surface area (Å²) in [5.41, 5.74) is 4.81. The van der Waals surface area contributed by atoms with Crippen LogP contribution in [0.3, 0.4) is 0 Å². The van der Waals surface area contributed by atoms with Gasteiger partial charge in [0.05, 0.1) is 17.8 Å². The van der Waals surface area contributed by atoms with Gasteiger partial charge in [0.25, 0.3) is 0 Å². The van der Waals surface area contributed by atoms with E-state index >= 15 is 0 Å². The summed E-state index contributed by atoms with van der Waals surface area (Å²) in [5.74, 6) is 0.479. The van der Waals surface area contributed by atoms with Crippen molar-refractivity contribution in [2.45, 2.75) is 38.8 Å². The van der Waals surface area contributed by atoms with Crippen LogP contribution in [-0.2, 0) is 13.5 Å². The second-order valence-corrected chi connectivity index (χ2v) is 7.55. The van der Waals surface area contributed by atoms with Crippen molar-refractivity contribution in [1.82, 2.24) is 25.0 Å². The Hall–Kier alpha value is -2.83. The van der Waals surface area contributed by atoms with Crippen LogP contribution >= 0.6 is 0 Å². The first-order valence-electron chi connectivity index (χ1n) is 9.20. The van der Waals surface area contributed by atoms with Gasteiger partial charge in [0, 0.05) is 18.8 Å². The largest absolute Gasteiger partial charge is 0.351 e. The van der Waals surface area contributed by atoms with Gasteiger partial charge in [-0.1, -0.05) is 17.4 Å². The maximum absolute atomic E-state index is 13.8. The highest BCUT2D eigenvalue weighted by atomic mass is 19.1. The number of allylic oxidation sites excluding steroid dienone is 1. The number of rotatable bonds is 4. The molecule has 1 N–H and O–H groups in total. The van der Waals surface area contributed by atoms with Gasteiger partial charge in [-0.2, -0.15) is 0 Å². The lowest BCUT2D eigenvalue weighted by Crippen LogP contribution is -2.25. The highest BCUT2D eigenvalue weighted by Gasteiger charge is 2.19. The van der Waals surface area contributed by atoms with Crippen LogP contribution in [0.2, 0.25) is 0 Å². The Kier molecular flexibility index (Phi) is 4.37. The van der Waals surface area contributed by atoms with Gasteiger partial charge in [-0.25, -0.2) is 19.0 Å². The summed E-state index contributed by atoms with van der Waals surface area (Å²) in [6, 6.07) is 6.16. The second-order valence-electron chi connectivity index (χ2n) is 7.55. The van der Waals surface area contributed by atoms with Crippen LogP contribution in [0.15, 0.2) is 30.5 Å². The van der Waals surface area contributed by atoms with E-state index in [0.29, 0.717) is 5.95 Å². The van der Waals surface area contributed by atoms with E-state index in [1.54, 1.807) is 4.68 Å². The predicted octanol–water partition coefficient (Wildman–Crippen LogP) is 3.69. The fraction of sp³-hybridized carbons (Fsp3) is 0.400. The minimum atomic E-state index is -1.31. The molecule has 27 heavy (non-hydrogen) atoms. The predicted molar refractivity (Wildman–Crippen MR) is 104 cm³/mol. The van der Waals surface area contributed by atoms with E-state index in [0.717, 1.165) is 52.7 Å². The molecular formula is C20H23FN6. The maximum atomic E-state index is 13.8. The Bertz CT molecular complexity index is 1010. The van der Waals surface area contributed by atoms with Gasteiger partial charge in [0.2, 0.25) is 5.95 Å². The number of alkyl halides is 1. The van der Waals surface area contributed by atoms with E-state index in [9.17, 15) is 4.39 Å². The minimum absolute atomic E-state index is 0.179. The number of aromatic nitrogens is 5. The quantitative estimate of drug-likeness (QED) is 0.763. The summed E-state index contributed by atoms with van der Waals surface area (Å²) in [4.78, 5) is 9.09. The molecule has 140 valence electrons. The standard InChI is InChI=1S/C20H23FN6/c1-20(2,21)12-23-19-22-11-15-14(6-4-5-7-16(15)24-19)13-8-9-17-18(10-13)27(3)26-25-17/h6,8-11H,4-5,7,12H2,1-3H3,(H,22,23,24). The fourth-order valence-corrected chi connectivity index (χ4v) is 3.30. The van der Waals surface area contributed by atoms with E-state index in [4.69, 9.17) is 0 Å². The van der Waals surface area contributed by atoms with Crippen LogP contribution in [0.5, 0.6) is 0 Å². The first kappa shape index (κ1) is 17.6. The summed E-state index contributed by atoms with van der Waals surface area (Å²) in [6.07, 6.45) is 6.97. The van der Waals surface area contributed by atoms with Crippen molar-refractivity contribution in [3.05, 3.63) is 47.3 Å². The molecular weight excluding hydrogens is 343 g/mol. The van der Waals surface area contributed by atoms with Gasteiger partial charge in [-0.15, -0.1) is 5.10 Å². The number of hydrogen-bond acceptors (Lipinski definition) is 5. The van der Waals surface area contributed by atoms with Gasteiger partial charge < -0.3 is 5.32 Å². The molecule has 0 amide bonds. The summed E-state index contributed by atoms with van der Waals surface area (Å²) in [5, 5.41) is 11.2. The zero-order valence-electron chi connectivity index (χ0n) is 15.8. The van der Waals surface area contributed by atoms with Crippen LogP contribution < -0.4 is 5.32 Å². The molecule has 0 fully saturated rings. The van der Waals surface area contributed by atoms with Crippen molar-refractivity contribution >= 4 is 22.6 Å². The molecule has 0 radical (unpaired) electrons. The fourth-order valence-electron chi connectivity index (χ4n) is 3.30. The number of benzene rings is 1. The number of fused-ring (bicyclic) bond motifs is 2. The molecule has 1 aliphatic rings. The van der Waals surface area contributed by atoms with Crippen LogP contribution in [-0.4, -0.2) is 37.2 Å². The maximum Gasteiger partial charge on any atom is 0.222 e. The molecule has 1 aliphatic carbocycles.